The molecule has 0 saturated carbocycles. The van der Waals surface area contributed by atoms with Crippen molar-refractivity contribution >= 4 is 24.8 Å². The Balaban J connectivity index is 0.00000220. The summed E-state index contributed by atoms with van der Waals surface area (Å²) in [5.41, 5.74) is 0.492. The summed E-state index contributed by atoms with van der Waals surface area (Å²) in [6.45, 7) is 7.25. The number of halogens is 2. The van der Waals surface area contributed by atoms with E-state index in [2.05, 4.69) is 16.8 Å². The molecule has 0 aromatic heterocycles. The van der Waals surface area contributed by atoms with Crippen molar-refractivity contribution in [2.24, 2.45) is 0 Å². The zero-order valence-corrected chi connectivity index (χ0v) is 14.0. The number of phenolic OH excluding ortho intramolecular Hbond substituents is 3. The summed E-state index contributed by atoms with van der Waals surface area (Å²) in [6.07, 6.45) is 3.41. The summed E-state index contributed by atoms with van der Waals surface area (Å²) in [5.74, 6) is -0.253. The fourth-order valence-electron chi connectivity index (χ4n) is 2.73. The van der Waals surface area contributed by atoms with E-state index < -0.39 is 0 Å². The van der Waals surface area contributed by atoms with Crippen LogP contribution in [-0.4, -0.2) is 46.4 Å². The first-order valence-electron chi connectivity index (χ1n) is 6.94. The number of piperazine rings is 1. The maximum absolute atomic E-state index is 10.1. The summed E-state index contributed by atoms with van der Waals surface area (Å²) in [4.78, 5) is 2.24. The lowest BCUT2D eigenvalue weighted by Gasteiger charge is -2.35. The summed E-state index contributed by atoms with van der Waals surface area (Å²) in [6, 6.07) is 2.48. The largest absolute Gasteiger partial charge is 0.508 e. The predicted octanol–water partition coefficient (Wildman–Crippen LogP) is 2.56. The van der Waals surface area contributed by atoms with Crippen LogP contribution < -0.4 is 5.32 Å². The summed E-state index contributed by atoms with van der Waals surface area (Å²) in [7, 11) is 0. The van der Waals surface area contributed by atoms with Crippen molar-refractivity contribution in [1.29, 1.82) is 0 Å². The van der Waals surface area contributed by atoms with E-state index in [1.165, 1.54) is 12.1 Å². The van der Waals surface area contributed by atoms with Gasteiger partial charge in [0, 0.05) is 44.4 Å². The molecule has 0 aliphatic carbocycles. The van der Waals surface area contributed by atoms with Crippen molar-refractivity contribution in [3.05, 3.63) is 30.4 Å². The molecule has 0 spiro atoms. The smallest absolute Gasteiger partial charge is 0.127 e. The van der Waals surface area contributed by atoms with E-state index >= 15 is 0 Å². The van der Waals surface area contributed by atoms with Crippen molar-refractivity contribution in [3.8, 4) is 17.2 Å². The number of nitrogens with one attached hydrogen (secondary N) is 1. The molecule has 1 aromatic rings. The van der Waals surface area contributed by atoms with E-state index in [1.54, 1.807) is 0 Å². The van der Waals surface area contributed by atoms with E-state index in [0.717, 1.165) is 39.0 Å². The highest BCUT2D eigenvalue weighted by Crippen LogP contribution is 2.41. The lowest BCUT2D eigenvalue weighted by Crippen LogP contribution is -2.45. The monoisotopic (exact) mass is 350 g/mol. The molecule has 1 aromatic carbocycles. The molecule has 5 nitrogen and oxygen atoms in total. The number of nitrogens with zero attached hydrogens (tertiary/aromatic N) is 1. The third-order valence-electron chi connectivity index (χ3n) is 3.69. The fraction of sp³-hybridized carbons (Fsp3) is 0.467. The van der Waals surface area contributed by atoms with Crippen LogP contribution in [0.25, 0.3) is 0 Å². The highest BCUT2D eigenvalue weighted by Gasteiger charge is 2.26. The summed E-state index contributed by atoms with van der Waals surface area (Å²) < 4.78 is 0. The van der Waals surface area contributed by atoms with Crippen molar-refractivity contribution in [1.82, 2.24) is 10.2 Å². The zero-order chi connectivity index (χ0) is 14.5. The molecule has 7 heteroatoms. The predicted molar refractivity (Wildman–Crippen MR) is 92.5 cm³/mol. The van der Waals surface area contributed by atoms with Gasteiger partial charge in [0.25, 0.3) is 0 Å². The number of rotatable bonds is 5. The number of phenols is 3. The average molecular weight is 351 g/mol. The molecule has 1 saturated heterocycles. The third-order valence-corrected chi connectivity index (χ3v) is 3.69. The molecule has 1 heterocycles. The first-order valence-corrected chi connectivity index (χ1v) is 6.94. The summed E-state index contributed by atoms with van der Waals surface area (Å²) in [5, 5.41) is 32.9. The van der Waals surface area contributed by atoms with Gasteiger partial charge in [-0.2, -0.15) is 0 Å². The van der Waals surface area contributed by atoms with E-state index in [0.29, 0.717) is 5.56 Å². The number of benzene rings is 1. The lowest BCUT2D eigenvalue weighted by atomic mass is 9.97. The van der Waals surface area contributed by atoms with Gasteiger partial charge in [0.05, 0.1) is 5.56 Å². The minimum Gasteiger partial charge on any atom is -0.508 e. The Bertz CT molecular complexity index is 457. The van der Waals surface area contributed by atoms with Gasteiger partial charge in [-0.15, -0.1) is 31.4 Å². The molecule has 0 amide bonds. The van der Waals surface area contributed by atoms with Crippen LogP contribution in [0.15, 0.2) is 24.8 Å². The molecule has 1 aliphatic heterocycles. The molecule has 2 rings (SSSR count). The Hall–Kier alpha value is -1.14. The van der Waals surface area contributed by atoms with E-state index in [9.17, 15) is 15.3 Å². The van der Waals surface area contributed by atoms with Gasteiger partial charge in [0.1, 0.15) is 17.2 Å². The quantitative estimate of drug-likeness (QED) is 0.614. The van der Waals surface area contributed by atoms with Crippen LogP contribution in [0.4, 0.5) is 0 Å². The number of hydrogen-bond acceptors (Lipinski definition) is 5. The van der Waals surface area contributed by atoms with Crippen LogP contribution >= 0.6 is 24.8 Å². The van der Waals surface area contributed by atoms with Gasteiger partial charge in [0.15, 0.2) is 0 Å². The topological polar surface area (TPSA) is 76.0 Å². The lowest BCUT2D eigenvalue weighted by molar-refractivity contribution is 0.161. The Morgan fingerprint density at radius 1 is 1.14 bits per heavy atom. The molecule has 126 valence electrons. The van der Waals surface area contributed by atoms with Crippen LogP contribution in [0.2, 0.25) is 0 Å². The molecular weight excluding hydrogens is 327 g/mol. The van der Waals surface area contributed by atoms with Crippen LogP contribution in [-0.2, 0) is 0 Å². The van der Waals surface area contributed by atoms with Gasteiger partial charge in [-0.25, -0.2) is 0 Å². The van der Waals surface area contributed by atoms with Gasteiger partial charge >= 0.3 is 0 Å². The maximum atomic E-state index is 10.1. The van der Waals surface area contributed by atoms with Gasteiger partial charge in [0.2, 0.25) is 0 Å². The number of allylic oxidation sites excluding steroid dienone is 1. The maximum Gasteiger partial charge on any atom is 0.127 e. The minimum absolute atomic E-state index is 0. The van der Waals surface area contributed by atoms with Crippen LogP contribution in [0, 0.1) is 0 Å². The van der Waals surface area contributed by atoms with Crippen molar-refractivity contribution in [2.75, 3.05) is 26.2 Å². The zero-order valence-electron chi connectivity index (χ0n) is 12.4. The molecule has 1 atom stereocenters. The molecule has 0 bridgehead atoms. The van der Waals surface area contributed by atoms with Gasteiger partial charge in [-0.05, 0) is 12.8 Å². The highest BCUT2D eigenvalue weighted by atomic mass is 35.5. The molecule has 0 radical (unpaired) electrons. The number of aromatic hydroxyl groups is 3. The molecule has 1 aliphatic rings. The van der Waals surface area contributed by atoms with Crippen LogP contribution in [0.5, 0.6) is 17.2 Å². The fourth-order valence-corrected chi connectivity index (χ4v) is 2.73. The van der Waals surface area contributed by atoms with Gasteiger partial charge in [-0.1, -0.05) is 6.08 Å². The second-order valence-electron chi connectivity index (χ2n) is 5.07. The molecular formula is C15H24Cl2N2O3. The number of hydrogen-bond donors (Lipinski definition) is 4. The SMILES string of the molecule is C=CCC[C@H](c1c(O)cc(O)cc1O)N1CCNCC1.Cl.Cl. The highest BCUT2D eigenvalue weighted by molar-refractivity contribution is 5.85. The van der Waals surface area contributed by atoms with E-state index in [-0.39, 0.29) is 48.1 Å². The Morgan fingerprint density at radius 3 is 2.18 bits per heavy atom. The van der Waals surface area contributed by atoms with Crippen LogP contribution in [0.3, 0.4) is 0 Å². The minimum atomic E-state index is -0.133. The average Bonchev–Trinajstić information content (AvgIpc) is 2.42. The standard InChI is InChI=1S/C15H22N2O3.2ClH/c1-2-3-4-12(17-7-5-16-6-8-17)15-13(19)9-11(18)10-14(15)20;;/h2,9-10,12,16,18-20H,1,3-8H2;2*1H/t12-;;/m1../s1. The van der Waals surface area contributed by atoms with Crippen LogP contribution in [0.1, 0.15) is 24.4 Å². The van der Waals surface area contributed by atoms with Gasteiger partial charge < -0.3 is 20.6 Å². The Labute approximate surface area is 143 Å². The second-order valence-corrected chi connectivity index (χ2v) is 5.07. The molecule has 22 heavy (non-hydrogen) atoms. The Kier molecular flexibility index (Phi) is 9.28. The first kappa shape index (κ1) is 20.9. The van der Waals surface area contributed by atoms with E-state index in [1.807, 2.05) is 6.08 Å². The second kappa shape index (κ2) is 9.79. The van der Waals surface area contributed by atoms with Crippen molar-refractivity contribution in [3.63, 3.8) is 0 Å². The molecule has 4 N–H and O–H groups in total. The van der Waals surface area contributed by atoms with Crippen molar-refractivity contribution in [2.45, 2.75) is 18.9 Å². The van der Waals surface area contributed by atoms with Gasteiger partial charge in [-0.3, -0.25) is 4.90 Å². The third kappa shape index (κ3) is 4.95. The Morgan fingerprint density at radius 2 is 1.68 bits per heavy atom. The van der Waals surface area contributed by atoms with Crippen molar-refractivity contribution < 1.29 is 15.3 Å². The normalized spacial score (nSPS) is 16.2. The molecule has 1 fully saturated rings. The van der Waals surface area contributed by atoms with E-state index in [4.69, 9.17) is 0 Å². The first-order chi connectivity index (χ1) is 9.63. The summed E-state index contributed by atoms with van der Waals surface area (Å²) >= 11 is 0. The molecule has 0 unspecified atom stereocenters.